The minimum Gasteiger partial charge on any atom is -0.496 e. The highest BCUT2D eigenvalue weighted by Gasteiger charge is 2.09. The summed E-state index contributed by atoms with van der Waals surface area (Å²) in [7, 11) is 1.59. The zero-order valence-corrected chi connectivity index (χ0v) is 13.7. The summed E-state index contributed by atoms with van der Waals surface area (Å²) in [4.78, 5) is 0. The average Bonchev–Trinajstić information content (AvgIpc) is 2.46. The van der Waals surface area contributed by atoms with Gasteiger partial charge in [-0.2, -0.15) is 0 Å². The van der Waals surface area contributed by atoms with E-state index in [-0.39, 0.29) is 5.84 Å². The van der Waals surface area contributed by atoms with Crippen molar-refractivity contribution in [3.63, 3.8) is 0 Å². The van der Waals surface area contributed by atoms with Crippen molar-refractivity contribution < 1.29 is 9.47 Å². The standard InChI is InChI=1S/C15H14BrClN2O2/c1-20-13-4-2-9(15(18)19)6-10(13)8-21-14-5-3-11(17)7-12(14)16/h2-7H,8H2,1H3,(H3,18,19). The first kappa shape index (κ1) is 15.7. The monoisotopic (exact) mass is 368 g/mol. The van der Waals surface area contributed by atoms with E-state index in [1.807, 2.05) is 0 Å². The first-order valence-corrected chi connectivity index (χ1v) is 7.27. The van der Waals surface area contributed by atoms with Crippen LogP contribution in [0.4, 0.5) is 0 Å². The van der Waals surface area contributed by atoms with Gasteiger partial charge in [0.2, 0.25) is 0 Å². The maximum Gasteiger partial charge on any atom is 0.134 e. The molecule has 0 unspecified atom stereocenters. The molecule has 0 aromatic heterocycles. The first-order chi connectivity index (χ1) is 10.0. The second-order valence-corrected chi connectivity index (χ2v) is 5.59. The second kappa shape index (κ2) is 6.83. The quantitative estimate of drug-likeness (QED) is 0.619. The molecule has 0 radical (unpaired) electrons. The molecule has 2 aromatic carbocycles. The number of ether oxygens (including phenoxy) is 2. The predicted octanol–water partition coefficient (Wildman–Crippen LogP) is 3.97. The number of halogens is 2. The van der Waals surface area contributed by atoms with Crippen LogP contribution in [0.25, 0.3) is 0 Å². The van der Waals surface area contributed by atoms with Crippen LogP contribution < -0.4 is 15.2 Å². The smallest absolute Gasteiger partial charge is 0.134 e. The SMILES string of the molecule is COc1ccc(C(=N)N)cc1COc1ccc(Cl)cc1Br. The topological polar surface area (TPSA) is 68.3 Å². The third-order valence-corrected chi connectivity index (χ3v) is 3.72. The predicted molar refractivity (Wildman–Crippen MR) is 87.5 cm³/mol. The summed E-state index contributed by atoms with van der Waals surface area (Å²) < 4.78 is 11.8. The third kappa shape index (κ3) is 3.89. The summed E-state index contributed by atoms with van der Waals surface area (Å²) in [6.45, 7) is 0.296. The molecule has 0 bridgehead atoms. The Labute approximate surface area is 136 Å². The van der Waals surface area contributed by atoms with E-state index in [4.69, 9.17) is 32.2 Å². The van der Waals surface area contributed by atoms with Gasteiger partial charge in [-0.15, -0.1) is 0 Å². The highest BCUT2D eigenvalue weighted by Crippen LogP contribution is 2.29. The van der Waals surface area contributed by atoms with Crippen molar-refractivity contribution >= 4 is 33.4 Å². The molecule has 0 amide bonds. The van der Waals surface area contributed by atoms with Crippen LogP contribution in [0.2, 0.25) is 5.02 Å². The molecule has 3 N–H and O–H groups in total. The lowest BCUT2D eigenvalue weighted by atomic mass is 10.1. The highest BCUT2D eigenvalue weighted by atomic mass is 79.9. The minimum absolute atomic E-state index is 0.00609. The molecule has 21 heavy (non-hydrogen) atoms. The molecule has 6 heteroatoms. The Morgan fingerprint density at radius 3 is 2.57 bits per heavy atom. The Morgan fingerprint density at radius 1 is 1.24 bits per heavy atom. The van der Waals surface area contributed by atoms with Gasteiger partial charge in [0.15, 0.2) is 0 Å². The van der Waals surface area contributed by atoms with E-state index in [0.717, 1.165) is 10.0 Å². The van der Waals surface area contributed by atoms with Crippen molar-refractivity contribution in [2.24, 2.45) is 5.73 Å². The molecule has 0 fully saturated rings. The summed E-state index contributed by atoms with van der Waals surface area (Å²) in [5.74, 6) is 1.37. The summed E-state index contributed by atoms with van der Waals surface area (Å²) in [6.07, 6.45) is 0. The van der Waals surface area contributed by atoms with Gasteiger partial charge in [-0.25, -0.2) is 0 Å². The number of nitrogen functional groups attached to an aromatic ring is 1. The number of nitrogens with one attached hydrogen (secondary N) is 1. The molecule has 0 spiro atoms. The third-order valence-electron chi connectivity index (χ3n) is 2.87. The van der Waals surface area contributed by atoms with Crippen molar-refractivity contribution in [2.45, 2.75) is 6.61 Å². The lowest BCUT2D eigenvalue weighted by Crippen LogP contribution is -2.12. The van der Waals surface area contributed by atoms with Crippen molar-refractivity contribution in [1.82, 2.24) is 0 Å². The van der Waals surface area contributed by atoms with Crippen LogP contribution in [0.3, 0.4) is 0 Å². The van der Waals surface area contributed by atoms with Crippen LogP contribution in [-0.4, -0.2) is 12.9 Å². The van der Waals surface area contributed by atoms with Crippen LogP contribution in [0, 0.1) is 5.41 Å². The van der Waals surface area contributed by atoms with Crippen molar-refractivity contribution in [1.29, 1.82) is 5.41 Å². The molecule has 0 saturated carbocycles. The van der Waals surface area contributed by atoms with Gasteiger partial charge in [-0.05, 0) is 52.3 Å². The van der Waals surface area contributed by atoms with E-state index in [1.54, 1.807) is 43.5 Å². The molecule has 0 saturated heterocycles. The summed E-state index contributed by atoms with van der Waals surface area (Å²) in [5, 5.41) is 8.12. The van der Waals surface area contributed by atoms with Crippen LogP contribution in [0.1, 0.15) is 11.1 Å². The molecule has 0 aliphatic carbocycles. The fraction of sp³-hybridized carbons (Fsp3) is 0.133. The Morgan fingerprint density at radius 2 is 1.95 bits per heavy atom. The van der Waals surface area contributed by atoms with Gasteiger partial charge in [0.1, 0.15) is 23.9 Å². The van der Waals surface area contributed by atoms with E-state index in [2.05, 4.69) is 15.9 Å². The number of hydrogen-bond acceptors (Lipinski definition) is 3. The number of benzene rings is 2. The fourth-order valence-electron chi connectivity index (χ4n) is 1.81. The van der Waals surface area contributed by atoms with E-state index >= 15 is 0 Å². The zero-order valence-electron chi connectivity index (χ0n) is 11.3. The summed E-state index contributed by atoms with van der Waals surface area (Å²) in [6, 6.07) is 10.6. The largest absolute Gasteiger partial charge is 0.496 e. The lowest BCUT2D eigenvalue weighted by Gasteiger charge is -2.13. The van der Waals surface area contributed by atoms with Crippen LogP contribution in [-0.2, 0) is 6.61 Å². The average molecular weight is 370 g/mol. The normalized spacial score (nSPS) is 10.2. The summed E-state index contributed by atoms with van der Waals surface area (Å²) in [5.41, 5.74) is 6.94. The van der Waals surface area contributed by atoms with E-state index in [9.17, 15) is 0 Å². The molecule has 2 aromatic rings. The van der Waals surface area contributed by atoms with E-state index < -0.39 is 0 Å². The molecule has 0 atom stereocenters. The van der Waals surface area contributed by atoms with E-state index in [1.165, 1.54) is 0 Å². The summed E-state index contributed by atoms with van der Waals surface area (Å²) >= 11 is 9.29. The molecule has 110 valence electrons. The van der Waals surface area contributed by atoms with E-state index in [0.29, 0.717) is 28.7 Å². The fourth-order valence-corrected chi connectivity index (χ4v) is 2.60. The number of hydrogen-bond donors (Lipinski definition) is 2. The molecule has 0 heterocycles. The maximum absolute atomic E-state index is 7.49. The van der Waals surface area contributed by atoms with Gasteiger partial charge < -0.3 is 15.2 Å². The van der Waals surface area contributed by atoms with Crippen LogP contribution >= 0.6 is 27.5 Å². The van der Waals surface area contributed by atoms with Crippen molar-refractivity contribution in [2.75, 3.05) is 7.11 Å². The van der Waals surface area contributed by atoms with Crippen LogP contribution in [0.15, 0.2) is 40.9 Å². The van der Waals surface area contributed by atoms with Gasteiger partial charge in [0.25, 0.3) is 0 Å². The molecular formula is C15H14BrClN2O2. The number of methoxy groups -OCH3 is 1. The number of amidine groups is 1. The Hall–Kier alpha value is -1.72. The molecule has 0 aliphatic rings. The van der Waals surface area contributed by atoms with Gasteiger partial charge in [0.05, 0.1) is 11.6 Å². The number of rotatable bonds is 5. The first-order valence-electron chi connectivity index (χ1n) is 6.10. The van der Waals surface area contributed by atoms with Gasteiger partial charge in [-0.3, -0.25) is 5.41 Å². The Bertz CT molecular complexity index is 677. The maximum atomic E-state index is 7.49. The number of nitrogens with two attached hydrogens (primary N) is 1. The molecule has 4 nitrogen and oxygen atoms in total. The highest BCUT2D eigenvalue weighted by molar-refractivity contribution is 9.10. The Balaban J connectivity index is 2.22. The lowest BCUT2D eigenvalue weighted by molar-refractivity contribution is 0.295. The zero-order chi connectivity index (χ0) is 15.4. The van der Waals surface area contributed by atoms with Crippen molar-refractivity contribution in [3.05, 3.63) is 57.0 Å². The van der Waals surface area contributed by atoms with Crippen LogP contribution in [0.5, 0.6) is 11.5 Å². The van der Waals surface area contributed by atoms with Gasteiger partial charge in [0, 0.05) is 16.1 Å². The molecule has 0 aliphatic heterocycles. The molecule has 2 rings (SSSR count). The van der Waals surface area contributed by atoms with Gasteiger partial charge in [-0.1, -0.05) is 11.6 Å². The minimum atomic E-state index is 0.00609. The van der Waals surface area contributed by atoms with Gasteiger partial charge >= 0.3 is 0 Å². The molecular weight excluding hydrogens is 356 g/mol. The van der Waals surface area contributed by atoms with Crippen molar-refractivity contribution in [3.8, 4) is 11.5 Å². The Kier molecular flexibility index (Phi) is 5.09. The second-order valence-electron chi connectivity index (χ2n) is 4.30.